The van der Waals surface area contributed by atoms with Gasteiger partial charge >= 0.3 is 0 Å². The van der Waals surface area contributed by atoms with Gasteiger partial charge in [0.25, 0.3) is 0 Å². The fourth-order valence-electron chi connectivity index (χ4n) is 3.48. The van der Waals surface area contributed by atoms with E-state index in [1.54, 1.807) is 12.1 Å². The molecule has 138 valence electrons. The average molecular weight is 371 g/mol. The third-order valence-corrected chi connectivity index (χ3v) is 6.46. The van der Waals surface area contributed by atoms with Crippen molar-refractivity contribution >= 4 is 20.9 Å². The van der Waals surface area contributed by atoms with E-state index < -0.39 is 10.0 Å². The van der Waals surface area contributed by atoms with E-state index in [1.807, 2.05) is 45.0 Å². The molecule has 2 N–H and O–H groups in total. The Bertz CT molecular complexity index is 1060. The van der Waals surface area contributed by atoms with Gasteiger partial charge in [-0.3, -0.25) is 0 Å². The number of nitrogens with one attached hydrogen (secondary N) is 2. The first-order valence-corrected chi connectivity index (χ1v) is 10.2. The minimum Gasteiger partial charge on any atom is -0.358 e. The maximum Gasteiger partial charge on any atom is 0.240 e. The summed E-state index contributed by atoms with van der Waals surface area (Å²) >= 11 is 0. The number of hydrogen-bond acceptors (Lipinski definition) is 2. The Labute approximate surface area is 155 Å². The molecule has 4 nitrogen and oxygen atoms in total. The highest BCUT2D eigenvalue weighted by atomic mass is 32.2. The number of aryl methyl sites for hydroxylation is 3. The number of aromatic nitrogens is 1. The molecular formula is C21H26N2O2S. The van der Waals surface area contributed by atoms with Crippen LogP contribution >= 0.6 is 0 Å². The van der Waals surface area contributed by atoms with Gasteiger partial charge in [0.15, 0.2) is 0 Å². The topological polar surface area (TPSA) is 62.0 Å². The van der Waals surface area contributed by atoms with Gasteiger partial charge in [-0.25, -0.2) is 13.1 Å². The van der Waals surface area contributed by atoms with E-state index in [1.165, 1.54) is 0 Å². The van der Waals surface area contributed by atoms with E-state index >= 15 is 0 Å². The van der Waals surface area contributed by atoms with Crippen molar-refractivity contribution in [1.29, 1.82) is 0 Å². The number of fused-ring (bicyclic) bond motifs is 1. The Hall–Kier alpha value is -2.11. The molecule has 1 aromatic heterocycles. The number of benzene rings is 2. The lowest BCUT2D eigenvalue weighted by molar-refractivity contribution is 0.502. The van der Waals surface area contributed by atoms with Crippen molar-refractivity contribution in [2.24, 2.45) is 0 Å². The second-order valence-corrected chi connectivity index (χ2v) is 9.39. The van der Waals surface area contributed by atoms with Crippen LogP contribution in [0.4, 0.5) is 0 Å². The Balaban J connectivity index is 1.89. The van der Waals surface area contributed by atoms with Crippen molar-refractivity contribution < 1.29 is 8.42 Å². The first-order chi connectivity index (χ1) is 12.1. The monoisotopic (exact) mass is 370 g/mol. The van der Waals surface area contributed by atoms with Crippen LogP contribution in [-0.4, -0.2) is 19.9 Å². The number of para-hydroxylation sites is 1. The van der Waals surface area contributed by atoms with Crippen LogP contribution < -0.4 is 4.72 Å². The molecular weight excluding hydrogens is 344 g/mol. The van der Waals surface area contributed by atoms with Crippen molar-refractivity contribution in [3.8, 4) is 0 Å². The molecule has 0 saturated heterocycles. The third-order valence-electron chi connectivity index (χ3n) is 5.06. The standard InChI is InChI=1S/C21H26N2O2S/c1-14-10-11-17(12-15(14)2)26(24,25)22-13-21(4,5)20-16(3)23-19-9-7-6-8-18(19)20/h6-12,22-23H,13H2,1-5H3. The zero-order valence-electron chi connectivity index (χ0n) is 16.0. The van der Waals surface area contributed by atoms with Gasteiger partial charge in [0, 0.05) is 28.6 Å². The fraction of sp³-hybridized carbons (Fsp3) is 0.333. The third kappa shape index (κ3) is 3.41. The summed E-state index contributed by atoms with van der Waals surface area (Å²) in [6, 6.07) is 13.4. The van der Waals surface area contributed by atoms with E-state index in [4.69, 9.17) is 0 Å². The molecule has 26 heavy (non-hydrogen) atoms. The molecule has 0 unspecified atom stereocenters. The predicted octanol–water partition coefficient (Wildman–Crippen LogP) is 4.35. The van der Waals surface area contributed by atoms with Crippen LogP contribution in [0.1, 0.15) is 36.2 Å². The van der Waals surface area contributed by atoms with Crippen LogP contribution in [0.5, 0.6) is 0 Å². The van der Waals surface area contributed by atoms with Crippen LogP contribution in [0.2, 0.25) is 0 Å². The smallest absolute Gasteiger partial charge is 0.240 e. The summed E-state index contributed by atoms with van der Waals surface area (Å²) < 4.78 is 28.3. The lowest BCUT2D eigenvalue weighted by Crippen LogP contribution is -2.37. The zero-order chi connectivity index (χ0) is 19.1. The van der Waals surface area contributed by atoms with Gasteiger partial charge < -0.3 is 4.98 Å². The Morgan fingerprint density at radius 2 is 1.69 bits per heavy atom. The minimum absolute atomic E-state index is 0.312. The van der Waals surface area contributed by atoms with Crippen LogP contribution in [0, 0.1) is 20.8 Å². The summed E-state index contributed by atoms with van der Waals surface area (Å²) in [6.45, 7) is 10.4. The minimum atomic E-state index is -3.55. The summed E-state index contributed by atoms with van der Waals surface area (Å²) in [4.78, 5) is 3.71. The molecule has 0 aliphatic carbocycles. The largest absolute Gasteiger partial charge is 0.358 e. The number of sulfonamides is 1. The zero-order valence-corrected chi connectivity index (χ0v) is 16.8. The molecule has 0 radical (unpaired) electrons. The lowest BCUT2D eigenvalue weighted by atomic mass is 9.83. The molecule has 0 saturated carbocycles. The average Bonchev–Trinajstić information content (AvgIpc) is 2.92. The molecule has 3 rings (SSSR count). The maximum absolute atomic E-state index is 12.7. The highest BCUT2D eigenvalue weighted by Gasteiger charge is 2.28. The summed E-state index contributed by atoms with van der Waals surface area (Å²) in [6.07, 6.45) is 0. The van der Waals surface area contributed by atoms with E-state index in [-0.39, 0.29) is 5.41 Å². The SMILES string of the molecule is Cc1ccc(S(=O)(=O)NCC(C)(C)c2c(C)[nH]c3ccccc23)cc1C. The molecule has 0 aliphatic rings. The van der Waals surface area contributed by atoms with Crippen LogP contribution in [0.3, 0.4) is 0 Å². The predicted molar refractivity (Wildman–Crippen MR) is 107 cm³/mol. The Morgan fingerprint density at radius 1 is 1.00 bits per heavy atom. The van der Waals surface area contributed by atoms with Crippen molar-refractivity contribution in [3.63, 3.8) is 0 Å². The quantitative estimate of drug-likeness (QED) is 0.701. The number of H-pyrrole nitrogens is 1. The van der Waals surface area contributed by atoms with Crippen LogP contribution in [0.15, 0.2) is 47.4 Å². The molecule has 0 fully saturated rings. The molecule has 5 heteroatoms. The van der Waals surface area contributed by atoms with E-state index in [9.17, 15) is 8.42 Å². The van der Waals surface area contributed by atoms with Crippen LogP contribution in [0.25, 0.3) is 10.9 Å². The Kier molecular flexibility index (Phi) is 4.71. The van der Waals surface area contributed by atoms with Crippen molar-refractivity contribution in [3.05, 3.63) is 64.8 Å². The second-order valence-electron chi connectivity index (χ2n) is 7.63. The lowest BCUT2D eigenvalue weighted by Gasteiger charge is -2.26. The molecule has 0 amide bonds. The van der Waals surface area contributed by atoms with E-state index in [2.05, 4.69) is 29.6 Å². The number of hydrogen-bond donors (Lipinski definition) is 2. The molecule has 0 bridgehead atoms. The van der Waals surface area contributed by atoms with Gasteiger partial charge in [0.2, 0.25) is 10.0 Å². The highest BCUT2D eigenvalue weighted by molar-refractivity contribution is 7.89. The number of rotatable bonds is 5. The van der Waals surface area contributed by atoms with Crippen molar-refractivity contribution in [2.75, 3.05) is 6.54 Å². The maximum atomic E-state index is 12.7. The van der Waals surface area contributed by atoms with E-state index in [0.717, 1.165) is 33.3 Å². The number of aromatic amines is 1. The molecule has 0 atom stereocenters. The van der Waals surface area contributed by atoms with Gasteiger partial charge in [-0.2, -0.15) is 0 Å². The van der Waals surface area contributed by atoms with Crippen molar-refractivity contribution in [1.82, 2.24) is 9.71 Å². The summed E-state index contributed by atoms with van der Waals surface area (Å²) in [5.41, 5.74) is 5.00. The normalized spacial score (nSPS) is 12.7. The van der Waals surface area contributed by atoms with Gasteiger partial charge in [-0.05, 0) is 55.7 Å². The molecule has 0 spiro atoms. The van der Waals surface area contributed by atoms with E-state index in [0.29, 0.717) is 11.4 Å². The van der Waals surface area contributed by atoms with Gasteiger partial charge in [-0.1, -0.05) is 38.1 Å². The van der Waals surface area contributed by atoms with Gasteiger partial charge in [0.1, 0.15) is 0 Å². The first kappa shape index (κ1) is 18.7. The summed E-state index contributed by atoms with van der Waals surface area (Å²) in [7, 11) is -3.55. The van der Waals surface area contributed by atoms with Gasteiger partial charge in [-0.15, -0.1) is 0 Å². The molecule has 1 heterocycles. The van der Waals surface area contributed by atoms with Crippen LogP contribution in [-0.2, 0) is 15.4 Å². The fourth-order valence-corrected chi connectivity index (χ4v) is 4.77. The molecule has 3 aromatic rings. The first-order valence-electron chi connectivity index (χ1n) is 8.76. The molecule has 0 aliphatic heterocycles. The highest BCUT2D eigenvalue weighted by Crippen LogP contribution is 2.33. The summed E-state index contributed by atoms with van der Waals surface area (Å²) in [5, 5.41) is 1.14. The van der Waals surface area contributed by atoms with Gasteiger partial charge in [0.05, 0.1) is 4.90 Å². The van der Waals surface area contributed by atoms with Crippen molar-refractivity contribution in [2.45, 2.75) is 44.9 Å². The summed E-state index contributed by atoms with van der Waals surface area (Å²) in [5.74, 6) is 0. The molecule has 2 aromatic carbocycles. The Morgan fingerprint density at radius 3 is 2.38 bits per heavy atom. The second kappa shape index (κ2) is 6.56.